The Hall–Kier alpha value is -5.36. The smallest absolute Gasteiger partial charge is 0.256 e. The number of amides is 1. The Morgan fingerprint density at radius 3 is 2.22 bits per heavy atom. The number of carbonyl (C=O) groups excluding carboxylic acids is 1. The maximum absolute atomic E-state index is 14.0. The zero-order valence-electron chi connectivity index (χ0n) is 24.2. The van der Waals surface area contributed by atoms with Crippen LogP contribution in [0.1, 0.15) is 27.0 Å². The van der Waals surface area contributed by atoms with Crippen molar-refractivity contribution >= 4 is 50.1 Å². The summed E-state index contributed by atoms with van der Waals surface area (Å²) in [5.41, 5.74) is 18.2. The lowest BCUT2D eigenvalue weighted by atomic mass is 10.0. The van der Waals surface area contributed by atoms with Gasteiger partial charge in [0.05, 0.1) is 5.56 Å². The van der Waals surface area contributed by atoms with Gasteiger partial charge in [-0.15, -0.1) is 0 Å². The number of fused-ring (bicyclic) bond motifs is 1. The molecule has 2 aromatic heterocycles. The number of nitrogens with two attached hydrogens (primary N) is 2. The van der Waals surface area contributed by atoms with Crippen LogP contribution in [-0.2, 0) is 6.54 Å². The standard InChI is InChI=1S/C33H31BrN8O3/c34-30-10-7-21(18-37-30)19-42-20-28(27-9-8-23(17-29(27)42)22-3-1-4-24(15-22)31(35)38-44)33(43)41-13-11-40(12-14-41)26-6-2-5-25(16-26)32(36)39-45/h1-10,15-18,20,44-45H,11-14,19H2,(H2,35,38)(H2,36,39). The van der Waals surface area contributed by atoms with Crippen molar-refractivity contribution in [2.45, 2.75) is 6.54 Å². The van der Waals surface area contributed by atoms with E-state index in [1.165, 1.54) is 0 Å². The number of aromatic nitrogens is 2. The number of oxime groups is 2. The quantitative estimate of drug-likeness (QED) is 0.0646. The molecule has 1 fully saturated rings. The Balaban J connectivity index is 1.30. The summed E-state index contributed by atoms with van der Waals surface area (Å²) in [6.07, 6.45) is 3.74. The van der Waals surface area contributed by atoms with E-state index in [4.69, 9.17) is 21.9 Å². The second kappa shape index (κ2) is 12.7. The molecule has 6 N–H and O–H groups in total. The topological polar surface area (TPSA) is 159 Å². The lowest BCUT2D eigenvalue weighted by Gasteiger charge is -2.36. The molecule has 1 saturated heterocycles. The van der Waals surface area contributed by atoms with E-state index in [2.05, 4.69) is 46.8 Å². The molecule has 12 heteroatoms. The molecule has 5 aromatic rings. The van der Waals surface area contributed by atoms with Crippen molar-refractivity contribution in [2.24, 2.45) is 21.8 Å². The van der Waals surface area contributed by atoms with Crippen LogP contribution in [0.4, 0.5) is 5.69 Å². The predicted molar refractivity (Wildman–Crippen MR) is 178 cm³/mol. The van der Waals surface area contributed by atoms with E-state index >= 15 is 0 Å². The average molecular weight is 668 g/mol. The van der Waals surface area contributed by atoms with E-state index < -0.39 is 0 Å². The SMILES string of the molecule is N/C(=N\O)c1cccc(-c2ccc3c(C(=O)N4CCN(c5cccc(/C(N)=N/O)c5)CC4)cn(Cc4ccc(Br)nc4)c3c2)c1. The summed E-state index contributed by atoms with van der Waals surface area (Å²) in [5.74, 6) is 0.0623. The first kappa shape index (κ1) is 29.7. The number of piperazine rings is 1. The number of hydrogen-bond acceptors (Lipinski definition) is 7. The highest BCUT2D eigenvalue weighted by Crippen LogP contribution is 2.30. The first-order valence-corrected chi connectivity index (χ1v) is 15.1. The van der Waals surface area contributed by atoms with Crippen molar-refractivity contribution in [3.8, 4) is 11.1 Å². The van der Waals surface area contributed by atoms with Crippen LogP contribution in [-0.4, -0.2) is 68.6 Å². The highest BCUT2D eigenvalue weighted by Gasteiger charge is 2.26. The molecule has 6 rings (SSSR count). The number of carbonyl (C=O) groups is 1. The molecule has 45 heavy (non-hydrogen) atoms. The summed E-state index contributed by atoms with van der Waals surface area (Å²) in [5, 5.41) is 25.3. The van der Waals surface area contributed by atoms with Crippen LogP contribution in [0, 0.1) is 0 Å². The number of rotatable bonds is 7. The fraction of sp³-hybridized carbons (Fsp3) is 0.152. The van der Waals surface area contributed by atoms with Gasteiger partial charge in [0.1, 0.15) is 4.60 Å². The van der Waals surface area contributed by atoms with Crippen molar-refractivity contribution in [2.75, 3.05) is 31.1 Å². The molecule has 0 bridgehead atoms. The van der Waals surface area contributed by atoms with Gasteiger partial charge in [-0.3, -0.25) is 4.79 Å². The Kier molecular flexibility index (Phi) is 8.39. The third kappa shape index (κ3) is 6.18. The molecule has 0 unspecified atom stereocenters. The number of amidine groups is 2. The maximum Gasteiger partial charge on any atom is 0.256 e. The van der Waals surface area contributed by atoms with E-state index in [-0.39, 0.29) is 17.6 Å². The van der Waals surface area contributed by atoms with Gasteiger partial charge >= 0.3 is 0 Å². The first-order chi connectivity index (χ1) is 21.8. The number of pyridine rings is 1. The largest absolute Gasteiger partial charge is 0.409 e. The Morgan fingerprint density at radius 1 is 0.844 bits per heavy atom. The summed E-state index contributed by atoms with van der Waals surface area (Å²) in [7, 11) is 0. The zero-order chi connectivity index (χ0) is 31.5. The molecule has 0 aliphatic carbocycles. The fourth-order valence-electron chi connectivity index (χ4n) is 5.64. The van der Waals surface area contributed by atoms with Gasteiger partial charge in [0.25, 0.3) is 5.91 Å². The molecule has 0 radical (unpaired) electrons. The van der Waals surface area contributed by atoms with Crippen LogP contribution in [0.3, 0.4) is 0 Å². The summed E-state index contributed by atoms with van der Waals surface area (Å²) >= 11 is 3.40. The molecule has 0 atom stereocenters. The molecule has 0 spiro atoms. The highest BCUT2D eigenvalue weighted by molar-refractivity contribution is 9.10. The normalized spacial score (nSPS) is 14.2. The van der Waals surface area contributed by atoms with E-state index in [1.54, 1.807) is 12.1 Å². The Morgan fingerprint density at radius 2 is 1.53 bits per heavy atom. The number of nitrogens with zero attached hydrogens (tertiary/aromatic N) is 6. The fourth-order valence-corrected chi connectivity index (χ4v) is 5.88. The molecule has 1 aliphatic rings. The lowest BCUT2D eigenvalue weighted by Crippen LogP contribution is -2.48. The molecule has 1 amide bonds. The second-order valence-corrected chi connectivity index (χ2v) is 11.6. The van der Waals surface area contributed by atoms with Gasteiger partial charge in [-0.05, 0) is 63.0 Å². The van der Waals surface area contributed by atoms with Gasteiger partial charge in [0.2, 0.25) is 0 Å². The minimum Gasteiger partial charge on any atom is -0.409 e. The monoisotopic (exact) mass is 666 g/mol. The van der Waals surface area contributed by atoms with Gasteiger partial charge < -0.3 is 36.2 Å². The van der Waals surface area contributed by atoms with Crippen LogP contribution in [0.2, 0.25) is 0 Å². The number of benzene rings is 3. The Labute approximate surface area is 267 Å². The van der Waals surface area contributed by atoms with Crippen molar-refractivity contribution in [3.63, 3.8) is 0 Å². The van der Waals surface area contributed by atoms with Crippen LogP contribution < -0.4 is 16.4 Å². The van der Waals surface area contributed by atoms with E-state index in [0.29, 0.717) is 49.4 Å². The van der Waals surface area contributed by atoms with Gasteiger partial charge in [-0.1, -0.05) is 58.8 Å². The van der Waals surface area contributed by atoms with Crippen LogP contribution >= 0.6 is 15.9 Å². The molecule has 228 valence electrons. The molecule has 3 aromatic carbocycles. The van der Waals surface area contributed by atoms with Gasteiger partial charge in [-0.2, -0.15) is 0 Å². The molecule has 0 saturated carbocycles. The predicted octanol–water partition coefficient (Wildman–Crippen LogP) is 4.67. The lowest BCUT2D eigenvalue weighted by molar-refractivity contribution is 0.0748. The number of halogens is 1. The van der Waals surface area contributed by atoms with Crippen LogP contribution in [0.5, 0.6) is 0 Å². The van der Waals surface area contributed by atoms with Crippen LogP contribution in [0.15, 0.2) is 106 Å². The number of hydrogen-bond donors (Lipinski definition) is 4. The minimum atomic E-state index is -0.0283. The van der Waals surface area contributed by atoms with Crippen molar-refractivity contribution in [1.82, 2.24) is 14.5 Å². The van der Waals surface area contributed by atoms with Gasteiger partial charge in [-0.25, -0.2) is 4.98 Å². The highest BCUT2D eigenvalue weighted by atomic mass is 79.9. The van der Waals surface area contributed by atoms with Crippen molar-refractivity contribution in [3.05, 3.63) is 118 Å². The molecule has 11 nitrogen and oxygen atoms in total. The Bertz CT molecular complexity index is 1930. The van der Waals surface area contributed by atoms with E-state index in [0.717, 1.165) is 37.9 Å². The third-order valence-electron chi connectivity index (χ3n) is 8.04. The van der Waals surface area contributed by atoms with E-state index in [1.807, 2.05) is 78.0 Å². The first-order valence-electron chi connectivity index (χ1n) is 14.3. The molecule has 1 aliphatic heterocycles. The third-order valence-corrected chi connectivity index (χ3v) is 8.50. The zero-order valence-corrected chi connectivity index (χ0v) is 25.8. The maximum atomic E-state index is 14.0. The summed E-state index contributed by atoms with van der Waals surface area (Å²) in [6.45, 7) is 2.93. The van der Waals surface area contributed by atoms with Crippen molar-refractivity contribution < 1.29 is 15.2 Å². The van der Waals surface area contributed by atoms with Crippen molar-refractivity contribution in [1.29, 1.82) is 0 Å². The average Bonchev–Trinajstić information content (AvgIpc) is 3.45. The summed E-state index contributed by atoms with van der Waals surface area (Å²) < 4.78 is 2.84. The van der Waals surface area contributed by atoms with Gasteiger partial charge in [0, 0.05) is 72.8 Å². The van der Waals surface area contributed by atoms with Crippen LogP contribution in [0.25, 0.3) is 22.0 Å². The molecule has 3 heterocycles. The number of anilines is 1. The summed E-state index contributed by atoms with van der Waals surface area (Å²) in [4.78, 5) is 22.5. The van der Waals surface area contributed by atoms with Gasteiger partial charge in [0.15, 0.2) is 11.7 Å². The molecular formula is C33H31BrN8O3. The molecular weight excluding hydrogens is 636 g/mol. The summed E-state index contributed by atoms with van der Waals surface area (Å²) in [6, 6.07) is 24.9. The second-order valence-electron chi connectivity index (χ2n) is 10.8. The van der Waals surface area contributed by atoms with E-state index in [9.17, 15) is 4.79 Å². The minimum absolute atomic E-state index is 0.0283.